The normalized spacial score (nSPS) is 12.9. The van der Waals surface area contributed by atoms with Gasteiger partial charge in [-0.15, -0.1) is 0 Å². The van der Waals surface area contributed by atoms with Crippen molar-refractivity contribution in [2.75, 3.05) is 0 Å². The van der Waals surface area contributed by atoms with Gasteiger partial charge in [0, 0.05) is 0 Å². The molecule has 0 fully saturated rings. The van der Waals surface area contributed by atoms with Crippen LogP contribution < -0.4 is 15.6 Å². The van der Waals surface area contributed by atoms with E-state index in [9.17, 15) is 13.2 Å². The summed E-state index contributed by atoms with van der Waals surface area (Å²) in [5.41, 5.74) is 0.400. The molecule has 0 aromatic heterocycles. The maximum absolute atomic E-state index is 12.9. The molecule has 0 heterocycles. The van der Waals surface area contributed by atoms with Crippen molar-refractivity contribution in [2.24, 2.45) is 0 Å². The van der Waals surface area contributed by atoms with Gasteiger partial charge in [-0.25, -0.2) is 0 Å². The summed E-state index contributed by atoms with van der Waals surface area (Å²) < 4.78 is 38.7. The van der Waals surface area contributed by atoms with Crippen LogP contribution in [0.2, 0.25) is 5.16 Å². The average Bonchev–Trinajstić information content (AvgIpc) is 2.86. The minimum Gasteiger partial charge on any atom is -0.166 e. The number of hydrogen-bond donors (Lipinski definition) is 0. The molecule has 0 nitrogen and oxygen atoms in total. The molecule has 0 bridgehead atoms. The fourth-order valence-corrected chi connectivity index (χ4v) is 13.1. The average molecular weight is 491 g/mol. The molecule has 34 heavy (non-hydrogen) atoms. The summed E-state index contributed by atoms with van der Waals surface area (Å²) in [4.78, 5) is 0. The largest absolute Gasteiger partial charge is 0.416 e. The third-order valence-corrected chi connectivity index (χ3v) is 13.9. The van der Waals surface area contributed by atoms with Crippen LogP contribution in [0.1, 0.15) is 24.0 Å². The number of halogens is 3. The Morgan fingerprint density at radius 1 is 0.647 bits per heavy atom. The molecule has 0 saturated carbocycles. The zero-order chi connectivity index (χ0) is 23.8. The molecule has 0 saturated heterocycles. The van der Waals surface area contributed by atoms with Gasteiger partial charge in [-0.05, 0) is 35.7 Å². The molecular formula is C29H29F3Si2. The van der Waals surface area contributed by atoms with Crippen molar-refractivity contribution in [3.05, 3.63) is 126 Å². The quantitative estimate of drug-likeness (QED) is 0.293. The molecule has 5 heteroatoms. The molecule has 0 unspecified atom stereocenters. The van der Waals surface area contributed by atoms with Crippen molar-refractivity contribution in [1.82, 2.24) is 0 Å². The highest BCUT2D eigenvalue weighted by atomic mass is 28.3. The minimum absolute atomic E-state index is 0.545. The van der Waals surface area contributed by atoms with Gasteiger partial charge in [0.2, 0.25) is 0 Å². The van der Waals surface area contributed by atoms with Gasteiger partial charge in [-0.2, -0.15) is 13.2 Å². The van der Waals surface area contributed by atoms with Gasteiger partial charge >= 0.3 is 6.18 Å². The molecule has 1 atom stereocenters. The van der Waals surface area contributed by atoms with E-state index in [1.165, 1.54) is 27.7 Å². The van der Waals surface area contributed by atoms with Crippen LogP contribution in [0, 0.1) is 0 Å². The second kappa shape index (κ2) is 11.5. The fourth-order valence-electron chi connectivity index (χ4n) is 4.79. The smallest absolute Gasteiger partial charge is 0.166 e. The fraction of sp³-hybridized carbons (Fsp3) is 0.172. The van der Waals surface area contributed by atoms with Gasteiger partial charge in [0.15, 0.2) is 0 Å². The number of hydrogen-bond acceptors (Lipinski definition) is 0. The molecule has 4 aromatic carbocycles. The lowest BCUT2D eigenvalue weighted by molar-refractivity contribution is -0.137. The number of rotatable bonds is 9. The van der Waals surface area contributed by atoms with Gasteiger partial charge in [0.25, 0.3) is 0 Å². The third-order valence-electron chi connectivity index (χ3n) is 6.45. The van der Waals surface area contributed by atoms with E-state index in [1.807, 2.05) is 0 Å². The van der Waals surface area contributed by atoms with Gasteiger partial charge in [-0.3, -0.25) is 0 Å². The first-order valence-corrected chi connectivity index (χ1v) is 15.1. The monoisotopic (exact) mass is 490 g/mol. The maximum Gasteiger partial charge on any atom is 0.416 e. The van der Waals surface area contributed by atoms with E-state index < -0.39 is 30.1 Å². The van der Waals surface area contributed by atoms with Crippen molar-refractivity contribution in [3.63, 3.8) is 0 Å². The second-order valence-electron chi connectivity index (χ2n) is 8.84. The highest BCUT2D eigenvalue weighted by Gasteiger charge is 2.30. The van der Waals surface area contributed by atoms with Gasteiger partial charge in [-0.1, -0.05) is 125 Å². The Kier molecular flexibility index (Phi) is 8.19. The van der Waals surface area contributed by atoms with E-state index >= 15 is 0 Å². The van der Waals surface area contributed by atoms with Crippen LogP contribution in [-0.4, -0.2) is 18.3 Å². The molecule has 0 N–H and O–H groups in total. The summed E-state index contributed by atoms with van der Waals surface area (Å²) >= 11 is 0. The first-order chi connectivity index (χ1) is 16.5. The summed E-state index contributed by atoms with van der Waals surface area (Å²) in [5, 5.41) is 5.06. The molecular weight excluding hydrogens is 461 g/mol. The van der Waals surface area contributed by atoms with Crippen LogP contribution in [0.15, 0.2) is 115 Å². The third kappa shape index (κ3) is 6.58. The van der Waals surface area contributed by atoms with Crippen LogP contribution in [0.3, 0.4) is 0 Å². The standard InChI is InChI=1S/C29H29F3Si2/c30-29(31,32)24-21-19-23(20-22-24)11-10-18-28(33-25-12-4-1-5-13-25)34(26-14-6-2-7-15-26)27-16-8-3-9-17-27/h1-9,12-17,19-22,28,34H,10-11,18,33H2/t28-/m1/s1. The van der Waals surface area contributed by atoms with Crippen LogP contribution in [0.4, 0.5) is 13.2 Å². The molecule has 0 aliphatic heterocycles. The lowest BCUT2D eigenvalue weighted by Crippen LogP contribution is -2.49. The molecule has 0 radical (unpaired) electrons. The Balaban J connectivity index is 1.56. The summed E-state index contributed by atoms with van der Waals surface area (Å²) in [6.45, 7) is 0. The number of aryl methyl sites for hydroxylation is 1. The van der Waals surface area contributed by atoms with Crippen molar-refractivity contribution in [1.29, 1.82) is 0 Å². The molecule has 4 rings (SSSR count). The lowest BCUT2D eigenvalue weighted by Gasteiger charge is -2.27. The molecule has 0 aliphatic carbocycles. The maximum atomic E-state index is 12.9. The number of alkyl halides is 3. The lowest BCUT2D eigenvalue weighted by atomic mass is 10.1. The predicted octanol–water partition coefficient (Wildman–Crippen LogP) is 4.89. The Labute approximate surface area is 203 Å². The summed E-state index contributed by atoms with van der Waals surface area (Å²) in [6.07, 6.45) is -1.39. The highest BCUT2D eigenvalue weighted by molar-refractivity contribution is 6.93. The van der Waals surface area contributed by atoms with Gasteiger partial charge in [0.05, 0.1) is 15.1 Å². The van der Waals surface area contributed by atoms with E-state index in [4.69, 9.17) is 0 Å². The minimum atomic E-state index is -4.28. The Morgan fingerprint density at radius 2 is 1.15 bits per heavy atom. The zero-order valence-corrected chi connectivity index (χ0v) is 21.7. The molecule has 4 aromatic rings. The van der Waals surface area contributed by atoms with Crippen molar-refractivity contribution < 1.29 is 13.2 Å². The number of benzene rings is 4. The van der Waals surface area contributed by atoms with E-state index in [-0.39, 0.29) is 0 Å². The van der Waals surface area contributed by atoms with Gasteiger partial charge in [0.1, 0.15) is 8.80 Å². The van der Waals surface area contributed by atoms with Crippen LogP contribution >= 0.6 is 0 Å². The summed E-state index contributed by atoms with van der Waals surface area (Å²) in [5.74, 6) is 0. The van der Waals surface area contributed by atoms with Crippen molar-refractivity contribution >= 4 is 33.9 Å². The molecule has 0 amide bonds. The van der Waals surface area contributed by atoms with Crippen LogP contribution in [0.25, 0.3) is 0 Å². The Hall–Kier alpha value is -2.90. The first-order valence-electron chi connectivity index (χ1n) is 11.8. The second-order valence-corrected chi connectivity index (χ2v) is 15.3. The van der Waals surface area contributed by atoms with Crippen molar-refractivity contribution in [3.8, 4) is 0 Å². The van der Waals surface area contributed by atoms with Gasteiger partial charge < -0.3 is 0 Å². The van der Waals surface area contributed by atoms with E-state index in [0.717, 1.165) is 24.8 Å². The topological polar surface area (TPSA) is 0 Å². The summed E-state index contributed by atoms with van der Waals surface area (Å²) in [7, 11) is -2.02. The first kappa shape index (κ1) is 24.2. The van der Waals surface area contributed by atoms with Crippen molar-refractivity contribution in [2.45, 2.75) is 30.6 Å². The molecule has 0 aliphatic rings. The van der Waals surface area contributed by atoms with E-state index in [1.54, 1.807) is 12.1 Å². The predicted molar refractivity (Wildman–Crippen MR) is 142 cm³/mol. The van der Waals surface area contributed by atoms with Crippen LogP contribution in [-0.2, 0) is 12.6 Å². The van der Waals surface area contributed by atoms with E-state index in [2.05, 4.69) is 91.0 Å². The molecule has 0 spiro atoms. The van der Waals surface area contributed by atoms with Crippen LogP contribution in [0.5, 0.6) is 0 Å². The Bertz CT molecular complexity index is 1090. The molecule has 174 valence electrons. The zero-order valence-electron chi connectivity index (χ0n) is 19.1. The highest BCUT2D eigenvalue weighted by Crippen LogP contribution is 2.29. The SMILES string of the molecule is FC(F)(F)c1ccc(CCC[C@H]([SiH2]c2ccccc2)[SiH](c2ccccc2)c2ccccc2)cc1. The Morgan fingerprint density at radius 3 is 1.65 bits per heavy atom. The summed E-state index contributed by atoms with van der Waals surface area (Å²) in [6, 6.07) is 38.4. The van der Waals surface area contributed by atoms with E-state index in [0.29, 0.717) is 5.16 Å².